The fourth-order valence-electron chi connectivity index (χ4n) is 2.36. The molecule has 1 aromatic carbocycles. The molecular formula is C18H24N4O. The number of urea groups is 1. The number of nitrogens with zero attached hydrogens (tertiary/aromatic N) is 1. The highest BCUT2D eigenvalue weighted by Crippen LogP contribution is 2.15. The molecule has 0 radical (unpaired) electrons. The lowest BCUT2D eigenvalue weighted by molar-refractivity contribution is 0.237. The number of nitrogens with one attached hydrogen (secondary N) is 3. The Balaban J connectivity index is 1.73. The molecule has 23 heavy (non-hydrogen) atoms. The molecule has 1 heterocycles. The van der Waals surface area contributed by atoms with Crippen molar-refractivity contribution in [3.63, 3.8) is 0 Å². The summed E-state index contributed by atoms with van der Waals surface area (Å²) in [6.07, 6.45) is 4.42. The van der Waals surface area contributed by atoms with Crippen molar-refractivity contribution in [2.24, 2.45) is 0 Å². The molecule has 1 atom stereocenters. The number of rotatable bonds is 7. The first-order valence-corrected chi connectivity index (χ1v) is 7.94. The molecule has 0 aliphatic rings. The van der Waals surface area contributed by atoms with Gasteiger partial charge in [-0.25, -0.2) is 4.79 Å². The molecule has 0 spiro atoms. The molecule has 0 bridgehead atoms. The molecule has 5 nitrogen and oxygen atoms in total. The minimum Gasteiger partial charge on any atom is -0.383 e. The Bertz CT molecular complexity index is 615. The summed E-state index contributed by atoms with van der Waals surface area (Å²) in [5.41, 5.74) is 3.25. The Morgan fingerprint density at radius 2 is 1.96 bits per heavy atom. The fourth-order valence-corrected chi connectivity index (χ4v) is 2.36. The van der Waals surface area contributed by atoms with E-state index in [9.17, 15) is 4.79 Å². The summed E-state index contributed by atoms with van der Waals surface area (Å²) in [6.45, 7) is 5.28. The number of anilines is 1. The number of hydrogen-bond donors (Lipinski definition) is 3. The third kappa shape index (κ3) is 5.29. The highest BCUT2D eigenvalue weighted by Gasteiger charge is 2.11. The van der Waals surface area contributed by atoms with Crippen LogP contribution in [-0.2, 0) is 0 Å². The first-order valence-electron chi connectivity index (χ1n) is 7.94. The molecule has 2 rings (SSSR count). The van der Waals surface area contributed by atoms with Crippen molar-refractivity contribution in [3.8, 4) is 0 Å². The number of benzene rings is 1. The predicted molar refractivity (Wildman–Crippen MR) is 93.5 cm³/mol. The van der Waals surface area contributed by atoms with Crippen LogP contribution in [0.25, 0.3) is 0 Å². The highest BCUT2D eigenvalue weighted by atomic mass is 16.2. The zero-order valence-corrected chi connectivity index (χ0v) is 13.7. The van der Waals surface area contributed by atoms with E-state index in [1.807, 2.05) is 49.5 Å². The van der Waals surface area contributed by atoms with E-state index < -0.39 is 0 Å². The van der Waals surface area contributed by atoms with Gasteiger partial charge in [-0.15, -0.1) is 0 Å². The number of hydrogen-bond acceptors (Lipinski definition) is 3. The quantitative estimate of drug-likeness (QED) is 0.688. The Morgan fingerprint density at radius 1 is 1.17 bits per heavy atom. The first kappa shape index (κ1) is 16.8. The largest absolute Gasteiger partial charge is 0.383 e. The van der Waals surface area contributed by atoms with Crippen LogP contribution in [-0.4, -0.2) is 24.1 Å². The van der Waals surface area contributed by atoms with E-state index in [1.165, 1.54) is 0 Å². The second kappa shape index (κ2) is 8.78. The van der Waals surface area contributed by atoms with Gasteiger partial charge in [0.1, 0.15) is 0 Å². The van der Waals surface area contributed by atoms with Crippen molar-refractivity contribution in [1.82, 2.24) is 15.6 Å². The van der Waals surface area contributed by atoms with Crippen molar-refractivity contribution >= 4 is 11.7 Å². The van der Waals surface area contributed by atoms with Gasteiger partial charge in [-0.2, -0.15) is 0 Å². The zero-order chi connectivity index (χ0) is 16.5. The van der Waals surface area contributed by atoms with Crippen LogP contribution in [0.3, 0.4) is 0 Å². The molecule has 0 unspecified atom stereocenters. The minimum atomic E-state index is -0.144. The van der Waals surface area contributed by atoms with Gasteiger partial charge in [0.15, 0.2) is 0 Å². The molecule has 122 valence electrons. The SMILES string of the molecule is CC[C@H](NC(=O)NCCNc1ccncc1C)c1ccccc1. The van der Waals surface area contributed by atoms with E-state index in [0.29, 0.717) is 13.1 Å². The zero-order valence-electron chi connectivity index (χ0n) is 13.7. The summed E-state index contributed by atoms with van der Waals surface area (Å²) in [7, 11) is 0. The minimum absolute atomic E-state index is 0.0339. The van der Waals surface area contributed by atoms with Crippen LogP contribution >= 0.6 is 0 Å². The van der Waals surface area contributed by atoms with E-state index in [0.717, 1.165) is 23.2 Å². The molecule has 2 amide bonds. The van der Waals surface area contributed by atoms with Gasteiger partial charge >= 0.3 is 6.03 Å². The number of aromatic nitrogens is 1. The van der Waals surface area contributed by atoms with Crippen molar-refractivity contribution in [1.29, 1.82) is 0 Å². The first-order chi connectivity index (χ1) is 11.2. The van der Waals surface area contributed by atoms with Gasteiger partial charge < -0.3 is 16.0 Å². The lowest BCUT2D eigenvalue weighted by Gasteiger charge is -2.18. The molecule has 0 saturated heterocycles. The molecule has 0 aliphatic carbocycles. The fraction of sp³-hybridized carbons (Fsp3) is 0.333. The highest BCUT2D eigenvalue weighted by molar-refractivity contribution is 5.74. The van der Waals surface area contributed by atoms with Gasteiger partial charge in [0.2, 0.25) is 0 Å². The summed E-state index contributed by atoms with van der Waals surface area (Å²) in [6, 6.07) is 11.8. The maximum atomic E-state index is 12.0. The van der Waals surface area contributed by atoms with Crippen molar-refractivity contribution in [3.05, 3.63) is 59.9 Å². The number of pyridine rings is 1. The summed E-state index contributed by atoms with van der Waals surface area (Å²) >= 11 is 0. The number of carbonyl (C=O) groups excluding carboxylic acids is 1. The van der Waals surface area contributed by atoms with Crippen LogP contribution < -0.4 is 16.0 Å². The molecule has 5 heteroatoms. The number of aryl methyl sites for hydroxylation is 1. The van der Waals surface area contributed by atoms with E-state index in [2.05, 4.69) is 27.9 Å². The second-order valence-electron chi connectivity index (χ2n) is 5.39. The monoisotopic (exact) mass is 312 g/mol. The Kier molecular flexibility index (Phi) is 6.41. The van der Waals surface area contributed by atoms with Crippen LogP contribution in [0.1, 0.15) is 30.5 Å². The summed E-state index contributed by atoms with van der Waals surface area (Å²) in [5, 5.41) is 9.17. The molecular weight excluding hydrogens is 288 g/mol. The van der Waals surface area contributed by atoms with E-state index >= 15 is 0 Å². The van der Waals surface area contributed by atoms with E-state index in [4.69, 9.17) is 0 Å². The predicted octanol–water partition coefficient (Wildman–Crippen LogP) is 3.25. The third-order valence-electron chi connectivity index (χ3n) is 3.66. The molecule has 1 aromatic heterocycles. The normalized spacial score (nSPS) is 11.6. The maximum Gasteiger partial charge on any atom is 0.315 e. The van der Waals surface area contributed by atoms with Gasteiger partial charge in [0, 0.05) is 31.2 Å². The summed E-state index contributed by atoms with van der Waals surface area (Å²) in [5.74, 6) is 0. The second-order valence-corrected chi connectivity index (χ2v) is 5.39. The Hall–Kier alpha value is -2.56. The lowest BCUT2D eigenvalue weighted by atomic mass is 10.1. The van der Waals surface area contributed by atoms with Gasteiger partial charge in [-0.05, 0) is 30.5 Å². The topological polar surface area (TPSA) is 66.1 Å². The average Bonchev–Trinajstić information content (AvgIpc) is 2.59. The molecule has 3 N–H and O–H groups in total. The molecule has 0 fully saturated rings. The van der Waals surface area contributed by atoms with E-state index in [-0.39, 0.29) is 12.1 Å². The van der Waals surface area contributed by atoms with Gasteiger partial charge in [-0.3, -0.25) is 4.98 Å². The lowest BCUT2D eigenvalue weighted by Crippen LogP contribution is -2.39. The van der Waals surface area contributed by atoms with Crippen molar-refractivity contribution in [2.45, 2.75) is 26.3 Å². The Morgan fingerprint density at radius 3 is 2.65 bits per heavy atom. The molecule has 0 aliphatic heterocycles. The number of amides is 2. The van der Waals surface area contributed by atoms with Crippen LogP contribution in [0.4, 0.5) is 10.5 Å². The summed E-state index contributed by atoms with van der Waals surface area (Å²) < 4.78 is 0. The standard InChI is InChI=1S/C18H24N4O/c1-3-16(15-7-5-4-6-8-15)22-18(23)21-12-11-20-17-9-10-19-13-14(17)2/h4-10,13,16H,3,11-12H2,1-2H3,(H,19,20)(H2,21,22,23)/t16-/m0/s1. The molecule has 2 aromatic rings. The van der Waals surface area contributed by atoms with E-state index in [1.54, 1.807) is 6.20 Å². The summed E-state index contributed by atoms with van der Waals surface area (Å²) in [4.78, 5) is 16.1. The smallest absolute Gasteiger partial charge is 0.315 e. The van der Waals surface area contributed by atoms with Crippen LogP contribution in [0, 0.1) is 6.92 Å². The third-order valence-corrected chi connectivity index (χ3v) is 3.66. The van der Waals surface area contributed by atoms with Crippen molar-refractivity contribution in [2.75, 3.05) is 18.4 Å². The van der Waals surface area contributed by atoms with Crippen LogP contribution in [0.5, 0.6) is 0 Å². The van der Waals surface area contributed by atoms with Gasteiger partial charge in [-0.1, -0.05) is 37.3 Å². The van der Waals surface area contributed by atoms with Crippen LogP contribution in [0.15, 0.2) is 48.8 Å². The Labute approximate surface area is 137 Å². The van der Waals surface area contributed by atoms with Gasteiger partial charge in [0.05, 0.1) is 6.04 Å². The average molecular weight is 312 g/mol. The van der Waals surface area contributed by atoms with Crippen molar-refractivity contribution < 1.29 is 4.79 Å². The number of carbonyl (C=O) groups is 1. The molecule has 0 saturated carbocycles. The van der Waals surface area contributed by atoms with Gasteiger partial charge in [0.25, 0.3) is 0 Å². The van der Waals surface area contributed by atoms with Crippen LogP contribution in [0.2, 0.25) is 0 Å². The maximum absolute atomic E-state index is 12.0.